The van der Waals surface area contributed by atoms with Crippen LogP contribution >= 0.6 is 11.8 Å². The molecule has 2 N–H and O–H groups in total. The van der Waals surface area contributed by atoms with Crippen LogP contribution in [0, 0.1) is 11.3 Å². The van der Waals surface area contributed by atoms with Gasteiger partial charge in [-0.3, -0.25) is 0 Å². The molecule has 0 bridgehead atoms. The molecule has 0 aliphatic heterocycles. The number of unbranched alkanes of at least 4 members (excludes halogenated alkanes) is 1. The van der Waals surface area contributed by atoms with Crippen molar-refractivity contribution in [3.8, 4) is 6.07 Å². The number of nitriles is 1. The molecule has 110 valence electrons. The quantitative estimate of drug-likeness (QED) is 0.644. The lowest BCUT2D eigenvalue weighted by molar-refractivity contribution is -0.137. The van der Waals surface area contributed by atoms with Gasteiger partial charge in [-0.1, -0.05) is 0 Å². The zero-order valence-corrected chi connectivity index (χ0v) is 11.9. The molecule has 0 fully saturated rings. The first-order valence-electron chi connectivity index (χ1n) is 6.11. The van der Waals surface area contributed by atoms with E-state index in [0.717, 1.165) is 30.9 Å². The second kappa shape index (κ2) is 6.95. The van der Waals surface area contributed by atoms with Crippen LogP contribution in [-0.4, -0.2) is 16.3 Å². The molecule has 0 aliphatic rings. The van der Waals surface area contributed by atoms with Crippen LogP contribution in [0.4, 0.5) is 13.2 Å². The van der Waals surface area contributed by atoms with Gasteiger partial charge in [0, 0.05) is 6.20 Å². The van der Waals surface area contributed by atoms with Crippen molar-refractivity contribution in [3.63, 3.8) is 0 Å². The van der Waals surface area contributed by atoms with Gasteiger partial charge in [0.1, 0.15) is 5.54 Å². The van der Waals surface area contributed by atoms with E-state index >= 15 is 0 Å². The van der Waals surface area contributed by atoms with E-state index in [9.17, 15) is 13.2 Å². The van der Waals surface area contributed by atoms with Crippen molar-refractivity contribution in [2.24, 2.45) is 5.73 Å². The number of rotatable bonds is 6. The average molecular weight is 303 g/mol. The third-order valence-corrected chi connectivity index (χ3v) is 3.69. The van der Waals surface area contributed by atoms with Crippen molar-refractivity contribution < 1.29 is 13.2 Å². The van der Waals surface area contributed by atoms with Crippen LogP contribution in [0.3, 0.4) is 0 Å². The maximum atomic E-state index is 12.3. The molecule has 7 heteroatoms. The number of hydrogen-bond donors (Lipinski definition) is 1. The Bertz CT molecular complexity index is 463. The zero-order chi connectivity index (χ0) is 15.2. The van der Waals surface area contributed by atoms with Gasteiger partial charge in [0.2, 0.25) is 0 Å². The Hall–Kier alpha value is -1.26. The van der Waals surface area contributed by atoms with E-state index in [4.69, 9.17) is 11.0 Å². The molecule has 1 atom stereocenters. The lowest BCUT2D eigenvalue weighted by Crippen LogP contribution is -2.33. The summed E-state index contributed by atoms with van der Waals surface area (Å²) in [5.74, 6) is 0.736. The van der Waals surface area contributed by atoms with E-state index in [1.807, 2.05) is 6.07 Å². The predicted octanol–water partition coefficient (Wildman–Crippen LogP) is 3.60. The monoisotopic (exact) mass is 303 g/mol. The van der Waals surface area contributed by atoms with E-state index in [0.29, 0.717) is 11.4 Å². The Labute approximate surface area is 120 Å². The maximum Gasteiger partial charge on any atom is 0.417 e. The molecular formula is C13H16F3N3S. The fourth-order valence-electron chi connectivity index (χ4n) is 1.46. The van der Waals surface area contributed by atoms with Crippen molar-refractivity contribution >= 4 is 11.8 Å². The summed E-state index contributed by atoms with van der Waals surface area (Å²) in [6.45, 7) is 1.68. The van der Waals surface area contributed by atoms with Crippen LogP contribution in [0.5, 0.6) is 0 Å². The molecule has 1 aromatic rings. The number of aromatic nitrogens is 1. The normalized spacial score (nSPS) is 14.6. The van der Waals surface area contributed by atoms with E-state index in [-0.39, 0.29) is 0 Å². The molecule has 1 heterocycles. The Morgan fingerprint density at radius 1 is 1.35 bits per heavy atom. The molecule has 0 saturated heterocycles. The minimum Gasteiger partial charge on any atom is -0.314 e. The third-order valence-electron chi connectivity index (χ3n) is 2.66. The summed E-state index contributed by atoms with van der Waals surface area (Å²) in [4.78, 5) is 3.77. The van der Waals surface area contributed by atoms with Crippen molar-refractivity contribution in [2.75, 3.05) is 5.75 Å². The van der Waals surface area contributed by atoms with Gasteiger partial charge in [-0.25, -0.2) is 4.98 Å². The van der Waals surface area contributed by atoms with E-state index in [2.05, 4.69) is 4.98 Å². The largest absolute Gasteiger partial charge is 0.417 e. The highest BCUT2D eigenvalue weighted by Crippen LogP contribution is 2.29. The molecule has 0 radical (unpaired) electrons. The first-order valence-corrected chi connectivity index (χ1v) is 7.09. The van der Waals surface area contributed by atoms with E-state index < -0.39 is 17.3 Å². The SMILES string of the molecule is CC(N)(C#N)CCCCSc1ccc(C(F)(F)F)cn1. The number of halogens is 3. The molecule has 20 heavy (non-hydrogen) atoms. The third kappa shape index (κ3) is 5.80. The molecule has 0 spiro atoms. The first-order chi connectivity index (χ1) is 9.24. The maximum absolute atomic E-state index is 12.3. The summed E-state index contributed by atoms with van der Waals surface area (Å²) < 4.78 is 37.0. The molecular weight excluding hydrogens is 287 g/mol. The summed E-state index contributed by atoms with van der Waals surface area (Å²) in [7, 11) is 0. The highest BCUT2D eigenvalue weighted by Gasteiger charge is 2.30. The molecule has 0 amide bonds. The van der Waals surface area contributed by atoms with Crippen molar-refractivity contribution in [2.45, 2.75) is 42.9 Å². The molecule has 0 aliphatic carbocycles. The van der Waals surface area contributed by atoms with Gasteiger partial charge < -0.3 is 5.73 Å². The summed E-state index contributed by atoms with van der Waals surface area (Å²) in [6, 6.07) is 4.42. The number of alkyl halides is 3. The standard InChI is InChI=1S/C13H16F3N3S/c1-12(18,9-17)6-2-3-7-20-11-5-4-10(8-19-11)13(14,15)16/h4-5,8H,2-3,6-7,18H2,1H3. The molecule has 1 unspecified atom stereocenters. The summed E-state index contributed by atoms with van der Waals surface area (Å²) in [5.41, 5.74) is 4.13. The Balaban J connectivity index is 2.32. The smallest absolute Gasteiger partial charge is 0.314 e. The van der Waals surface area contributed by atoms with Crippen molar-refractivity contribution in [1.29, 1.82) is 5.26 Å². The van der Waals surface area contributed by atoms with Crippen LogP contribution in [0.15, 0.2) is 23.4 Å². The number of hydrogen-bond acceptors (Lipinski definition) is 4. The van der Waals surface area contributed by atoms with Crippen LogP contribution < -0.4 is 5.73 Å². The number of nitrogens with zero attached hydrogens (tertiary/aromatic N) is 2. The molecule has 0 aromatic carbocycles. The Morgan fingerprint density at radius 2 is 2.05 bits per heavy atom. The molecule has 0 saturated carbocycles. The van der Waals surface area contributed by atoms with Gasteiger partial charge in [-0.15, -0.1) is 11.8 Å². The van der Waals surface area contributed by atoms with Crippen molar-refractivity contribution in [3.05, 3.63) is 23.9 Å². The van der Waals surface area contributed by atoms with Crippen LogP contribution in [-0.2, 0) is 6.18 Å². The Kier molecular flexibility index (Phi) is 5.84. The average Bonchev–Trinajstić information content (AvgIpc) is 2.38. The van der Waals surface area contributed by atoms with Crippen molar-refractivity contribution in [1.82, 2.24) is 4.98 Å². The van der Waals surface area contributed by atoms with Gasteiger partial charge in [0.05, 0.1) is 16.7 Å². The fraction of sp³-hybridized carbons (Fsp3) is 0.538. The second-order valence-electron chi connectivity index (χ2n) is 4.72. The van der Waals surface area contributed by atoms with Gasteiger partial charge >= 0.3 is 6.18 Å². The highest BCUT2D eigenvalue weighted by molar-refractivity contribution is 7.99. The predicted molar refractivity (Wildman–Crippen MR) is 72.0 cm³/mol. The van der Waals surface area contributed by atoms with Gasteiger partial charge in [-0.2, -0.15) is 18.4 Å². The van der Waals surface area contributed by atoms with Gasteiger partial charge in [-0.05, 0) is 44.1 Å². The lowest BCUT2D eigenvalue weighted by atomic mass is 9.99. The fourth-order valence-corrected chi connectivity index (χ4v) is 2.31. The number of pyridine rings is 1. The highest BCUT2D eigenvalue weighted by atomic mass is 32.2. The second-order valence-corrected chi connectivity index (χ2v) is 5.83. The topological polar surface area (TPSA) is 62.7 Å². The number of nitrogens with two attached hydrogens (primary N) is 1. The van der Waals surface area contributed by atoms with Crippen LogP contribution in [0.1, 0.15) is 31.7 Å². The van der Waals surface area contributed by atoms with Crippen LogP contribution in [0.2, 0.25) is 0 Å². The molecule has 3 nitrogen and oxygen atoms in total. The van der Waals surface area contributed by atoms with E-state index in [1.165, 1.54) is 17.8 Å². The minimum atomic E-state index is -4.35. The number of thioether (sulfide) groups is 1. The minimum absolute atomic E-state index is 0.564. The molecule has 1 aromatic heterocycles. The summed E-state index contributed by atoms with van der Waals surface area (Å²) in [6.07, 6.45) is -1.27. The Morgan fingerprint density at radius 3 is 2.55 bits per heavy atom. The molecule has 1 rings (SSSR count). The zero-order valence-electron chi connectivity index (χ0n) is 11.1. The van der Waals surface area contributed by atoms with Gasteiger partial charge in [0.25, 0.3) is 0 Å². The van der Waals surface area contributed by atoms with Gasteiger partial charge in [0.15, 0.2) is 0 Å². The summed E-state index contributed by atoms with van der Waals surface area (Å²) in [5, 5.41) is 9.30. The lowest BCUT2D eigenvalue weighted by Gasteiger charge is -2.14. The van der Waals surface area contributed by atoms with Crippen LogP contribution in [0.25, 0.3) is 0 Å². The summed E-state index contributed by atoms with van der Waals surface area (Å²) >= 11 is 1.40. The first kappa shape index (κ1) is 16.8. The van der Waals surface area contributed by atoms with E-state index in [1.54, 1.807) is 6.92 Å².